The van der Waals surface area contributed by atoms with E-state index in [0.717, 1.165) is 18.0 Å². The van der Waals surface area contributed by atoms with Crippen molar-refractivity contribution in [3.63, 3.8) is 0 Å². The fourth-order valence-corrected chi connectivity index (χ4v) is 6.38. The minimum atomic E-state index is -4.26. The Balaban J connectivity index is 1.70. The van der Waals surface area contributed by atoms with E-state index >= 15 is 0 Å². The van der Waals surface area contributed by atoms with Crippen LogP contribution in [0.15, 0.2) is 30.0 Å². The third kappa shape index (κ3) is 5.16. The van der Waals surface area contributed by atoms with Crippen molar-refractivity contribution < 1.29 is 32.6 Å². The van der Waals surface area contributed by atoms with E-state index in [0.29, 0.717) is 12.2 Å². The minimum Gasteiger partial charge on any atom is -0.480 e. The van der Waals surface area contributed by atoms with Crippen LogP contribution in [0, 0.1) is 0 Å². The first-order valence-corrected chi connectivity index (χ1v) is 12.6. The first-order valence-electron chi connectivity index (χ1n) is 11.1. The Bertz CT molecular complexity index is 1110. The molecule has 1 aromatic heterocycles. The van der Waals surface area contributed by atoms with Gasteiger partial charge in [0, 0.05) is 32.4 Å². The van der Waals surface area contributed by atoms with Crippen LogP contribution >= 0.6 is 0 Å². The normalized spacial score (nSPS) is 26.1. The number of aromatic nitrogens is 1. The number of nitrogens with one attached hydrogen (secondary N) is 1. The maximum atomic E-state index is 13.4. The molecule has 2 N–H and O–H groups in total. The number of rotatable bonds is 10. The van der Waals surface area contributed by atoms with E-state index < -0.39 is 50.6 Å². The summed E-state index contributed by atoms with van der Waals surface area (Å²) >= 11 is 0. The van der Waals surface area contributed by atoms with Crippen LogP contribution in [0.4, 0.5) is 4.79 Å². The largest absolute Gasteiger partial charge is 0.480 e. The monoisotopic (exact) mass is 509 g/mol. The Morgan fingerprint density at radius 1 is 1.26 bits per heavy atom. The third-order valence-electron chi connectivity index (χ3n) is 6.21. The van der Waals surface area contributed by atoms with Gasteiger partial charge < -0.3 is 29.9 Å². The van der Waals surface area contributed by atoms with Gasteiger partial charge in [-0.25, -0.2) is 18.0 Å². The lowest BCUT2D eigenvalue weighted by atomic mass is 9.94. The highest BCUT2D eigenvalue weighted by Gasteiger charge is 2.72. The summed E-state index contributed by atoms with van der Waals surface area (Å²) < 4.78 is 30.0. The number of sulfone groups is 1. The summed E-state index contributed by atoms with van der Waals surface area (Å²) in [6.07, 6.45) is 1.97. The number of carboxylic acids is 1. The van der Waals surface area contributed by atoms with Gasteiger partial charge in [-0.05, 0) is 46.3 Å². The highest BCUT2D eigenvalue weighted by Crippen LogP contribution is 2.49. The lowest BCUT2D eigenvalue weighted by molar-refractivity contribution is -0.153. The van der Waals surface area contributed by atoms with Gasteiger partial charge in [0.1, 0.15) is 11.4 Å². The molecule has 0 saturated carbocycles. The smallest absolute Gasteiger partial charge is 0.407 e. The fraction of sp³-hybridized carbons (Fsp3) is 0.545. The Labute approximate surface area is 204 Å². The van der Waals surface area contributed by atoms with Crippen molar-refractivity contribution in [3.8, 4) is 0 Å². The first kappa shape index (κ1) is 26.6. The Kier molecular flexibility index (Phi) is 7.82. The van der Waals surface area contributed by atoms with Crippen molar-refractivity contribution >= 4 is 33.9 Å². The summed E-state index contributed by atoms with van der Waals surface area (Å²) in [5, 5.41) is 10.9. The number of hydrogen-bond acceptors (Lipinski definition) is 9. The highest BCUT2D eigenvalue weighted by atomic mass is 32.2. The molecule has 35 heavy (non-hydrogen) atoms. The van der Waals surface area contributed by atoms with Crippen LogP contribution in [-0.2, 0) is 24.2 Å². The molecule has 2 amide bonds. The summed E-state index contributed by atoms with van der Waals surface area (Å²) in [4.78, 5) is 46.0. The molecular weight excluding hydrogens is 478 g/mol. The number of carbonyl (C=O) groups excluding carboxylic acids is 2. The van der Waals surface area contributed by atoms with Crippen LogP contribution in [0.1, 0.15) is 12.6 Å². The zero-order valence-corrected chi connectivity index (χ0v) is 21.0. The molecule has 0 spiro atoms. The molecule has 2 aliphatic rings. The Morgan fingerprint density at radius 2 is 1.97 bits per heavy atom. The van der Waals surface area contributed by atoms with Crippen LogP contribution in [0.25, 0.3) is 6.08 Å². The second-order valence-electron chi connectivity index (χ2n) is 9.13. The molecular formula is C22H31N5O7S. The van der Waals surface area contributed by atoms with Gasteiger partial charge >= 0.3 is 12.1 Å². The van der Waals surface area contributed by atoms with E-state index in [-0.39, 0.29) is 12.1 Å². The van der Waals surface area contributed by atoms with Crippen LogP contribution in [0.3, 0.4) is 0 Å². The predicted octanol–water partition coefficient (Wildman–Crippen LogP) is -0.507. The van der Waals surface area contributed by atoms with Crippen LogP contribution in [-0.4, -0.2) is 121 Å². The third-order valence-corrected chi connectivity index (χ3v) is 8.92. The lowest BCUT2D eigenvalue weighted by Crippen LogP contribution is -2.59. The maximum Gasteiger partial charge on any atom is 0.407 e. The van der Waals surface area contributed by atoms with Crippen molar-refractivity contribution in [2.75, 3.05) is 53.9 Å². The Hall–Kier alpha value is -3.03. The van der Waals surface area contributed by atoms with Gasteiger partial charge in [-0.1, -0.05) is 6.07 Å². The molecule has 1 aromatic rings. The number of aliphatic carboxylic acids is 1. The lowest BCUT2D eigenvalue weighted by Gasteiger charge is -2.37. The number of carboxylic acid groups (broad SMARTS) is 1. The molecule has 0 unspecified atom stereocenters. The molecule has 3 atom stereocenters. The van der Waals surface area contributed by atoms with Gasteiger partial charge in [-0.2, -0.15) is 0 Å². The van der Waals surface area contributed by atoms with Gasteiger partial charge in [0.25, 0.3) is 5.91 Å². The summed E-state index contributed by atoms with van der Waals surface area (Å²) in [7, 11) is 1.56. The SMILES string of the molecule is CN(C)CCN(C)CCNC(=O)OC[C@@]1(C)[C@H](C(=O)O)N2C(=O)C(=Cc3ccccn3)[C@H]2S1(=O)=O. The highest BCUT2D eigenvalue weighted by molar-refractivity contribution is 7.94. The zero-order valence-electron chi connectivity index (χ0n) is 20.2. The average molecular weight is 510 g/mol. The minimum absolute atomic E-state index is 0.0658. The summed E-state index contributed by atoms with van der Waals surface area (Å²) in [5.41, 5.74) is 0.307. The summed E-state index contributed by atoms with van der Waals surface area (Å²) in [6.45, 7) is 2.92. The molecule has 3 rings (SSSR count). The van der Waals surface area contributed by atoms with Crippen LogP contribution in [0.5, 0.6) is 0 Å². The molecule has 3 heterocycles. The topological polar surface area (TPSA) is 149 Å². The van der Waals surface area contributed by atoms with Gasteiger partial charge in [0.2, 0.25) is 0 Å². The van der Waals surface area contributed by atoms with Crippen molar-refractivity contribution in [2.45, 2.75) is 23.1 Å². The quantitative estimate of drug-likeness (QED) is 0.312. The van der Waals surface area contributed by atoms with Gasteiger partial charge in [0.15, 0.2) is 21.3 Å². The molecule has 2 saturated heterocycles. The van der Waals surface area contributed by atoms with E-state index in [1.165, 1.54) is 19.2 Å². The standard InChI is InChI=1S/C22H31N5O7S/c1-22(14-34-21(31)24-9-10-26(4)12-11-25(2)3)17(20(29)30)27-18(28)16(19(27)35(22,32)33)13-15-7-5-6-8-23-15/h5-8,13,17,19H,9-12,14H2,1-4H3,(H,24,31)(H,29,30)/t17-,19+,22-/m0/s1. The number of ether oxygens (including phenoxy) is 1. The van der Waals surface area contributed by atoms with Crippen molar-refractivity contribution in [3.05, 3.63) is 35.7 Å². The van der Waals surface area contributed by atoms with E-state index in [4.69, 9.17) is 4.74 Å². The Morgan fingerprint density at radius 3 is 2.57 bits per heavy atom. The van der Waals surface area contributed by atoms with Gasteiger partial charge in [-0.3, -0.25) is 9.78 Å². The predicted molar refractivity (Wildman–Crippen MR) is 127 cm³/mol. The second kappa shape index (κ2) is 10.3. The van der Waals surface area contributed by atoms with Crippen molar-refractivity contribution in [2.24, 2.45) is 0 Å². The molecule has 2 fully saturated rings. The summed E-state index contributed by atoms with van der Waals surface area (Å²) in [5.74, 6) is -2.19. The first-order chi connectivity index (χ1) is 16.4. The molecule has 0 bridgehead atoms. The molecule has 2 aliphatic heterocycles. The molecule has 12 nitrogen and oxygen atoms in total. The fourth-order valence-electron chi connectivity index (χ4n) is 4.11. The number of likely N-dealkylation sites (N-methyl/N-ethyl adjacent to an activating group) is 2. The molecule has 0 radical (unpaired) electrons. The van der Waals surface area contributed by atoms with E-state index in [1.807, 2.05) is 30.9 Å². The molecule has 0 aliphatic carbocycles. The van der Waals surface area contributed by atoms with E-state index in [2.05, 4.69) is 10.3 Å². The summed E-state index contributed by atoms with van der Waals surface area (Å²) in [6, 6.07) is 3.25. The average Bonchev–Trinajstić information content (AvgIpc) is 2.96. The van der Waals surface area contributed by atoms with Crippen molar-refractivity contribution in [1.29, 1.82) is 0 Å². The van der Waals surface area contributed by atoms with Crippen LogP contribution in [0.2, 0.25) is 0 Å². The van der Waals surface area contributed by atoms with Gasteiger partial charge in [0.05, 0.1) is 11.3 Å². The number of pyridine rings is 1. The number of fused-ring (bicyclic) bond motifs is 1. The molecule has 0 aromatic carbocycles. The zero-order chi connectivity index (χ0) is 26.0. The molecule has 192 valence electrons. The van der Waals surface area contributed by atoms with Crippen molar-refractivity contribution in [1.82, 2.24) is 25.0 Å². The second-order valence-corrected chi connectivity index (χ2v) is 11.6. The van der Waals surface area contributed by atoms with Gasteiger partial charge in [-0.15, -0.1) is 0 Å². The van der Waals surface area contributed by atoms with E-state index in [1.54, 1.807) is 18.2 Å². The van der Waals surface area contributed by atoms with Crippen LogP contribution < -0.4 is 5.32 Å². The van der Waals surface area contributed by atoms with E-state index in [9.17, 15) is 27.9 Å². The number of nitrogens with zero attached hydrogens (tertiary/aromatic N) is 4. The number of β-lactam (4-membered cyclic amide) rings is 1. The number of alkyl carbamates (subject to hydrolysis) is 1. The number of hydrogen-bond donors (Lipinski definition) is 2. The number of carbonyl (C=O) groups is 3. The maximum absolute atomic E-state index is 13.4. The molecule has 13 heteroatoms. The number of amides is 2.